The fourth-order valence-corrected chi connectivity index (χ4v) is 1.25. The van der Waals surface area contributed by atoms with Crippen molar-refractivity contribution in [1.29, 1.82) is 0 Å². The van der Waals surface area contributed by atoms with E-state index in [0.717, 1.165) is 19.5 Å². The van der Waals surface area contributed by atoms with Gasteiger partial charge < -0.3 is 10.6 Å². The molecule has 0 aromatic carbocycles. The average molecular weight is 210 g/mol. The van der Waals surface area contributed by atoms with Crippen LogP contribution in [0.4, 0.5) is 0 Å². The van der Waals surface area contributed by atoms with E-state index in [0.29, 0.717) is 12.2 Å². The zero-order valence-electron chi connectivity index (χ0n) is 9.29. The number of rotatable bonds is 6. The third-order valence-electron chi connectivity index (χ3n) is 2.07. The van der Waals surface area contributed by atoms with Crippen LogP contribution in [0.15, 0.2) is 12.3 Å². The van der Waals surface area contributed by atoms with Crippen molar-refractivity contribution in [3.8, 4) is 0 Å². The van der Waals surface area contributed by atoms with Gasteiger partial charge in [0, 0.05) is 26.3 Å². The minimum atomic E-state index is -0.0756. The fraction of sp³-hybridized carbons (Fsp3) is 0.600. The molecule has 84 valence electrons. The molecular formula is C10H18N4O. The van der Waals surface area contributed by atoms with Crippen molar-refractivity contribution in [3.05, 3.63) is 18.0 Å². The van der Waals surface area contributed by atoms with E-state index in [2.05, 4.69) is 22.7 Å². The van der Waals surface area contributed by atoms with Crippen LogP contribution in [0.1, 0.15) is 23.8 Å². The minimum absolute atomic E-state index is 0.0756. The zero-order valence-corrected chi connectivity index (χ0v) is 9.29. The molecule has 0 fully saturated rings. The number of carbonyl (C=O) groups excluding carboxylic acids is 1. The van der Waals surface area contributed by atoms with E-state index >= 15 is 0 Å². The van der Waals surface area contributed by atoms with Gasteiger partial charge in [0.05, 0.1) is 0 Å². The van der Waals surface area contributed by atoms with Crippen molar-refractivity contribution >= 4 is 5.91 Å². The quantitative estimate of drug-likeness (QED) is 0.657. The van der Waals surface area contributed by atoms with Crippen molar-refractivity contribution in [1.82, 2.24) is 20.4 Å². The van der Waals surface area contributed by atoms with Crippen LogP contribution in [-0.4, -0.2) is 35.3 Å². The fourth-order valence-electron chi connectivity index (χ4n) is 1.25. The van der Waals surface area contributed by atoms with Crippen LogP contribution < -0.4 is 10.6 Å². The van der Waals surface area contributed by atoms with Crippen LogP contribution in [0.3, 0.4) is 0 Å². The highest BCUT2D eigenvalue weighted by Crippen LogP contribution is 1.94. The lowest BCUT2D eigenvalue weighted by atomic mass is 10.4. The Morgan fingerprint density at radius 3 is 2.87 bits per heavy atom. The van der Waals surface area contributed by atoms with Crippen LogP contribution in [0.5, 0.6) is 0 Å². The van der Waals surface area contributed by atoms with E-state index in [4.69, 9.17) is 0 Å². The molecule has 0 aliphatic rings. The number of carbonyl (C=O) groups is 1. The third-order valence-corrected chi connectivity index (χ3v) is 2.07. The van der Waals surface area contributed by atoms with Gasteiger partial charge in [-0.15, -0.1) is 0 Å². The summed E-state index contributed by atoms with van der Waals surface area (Å²) in [6.45, 7) is 4.55. The predicted molar refractivity (Wildman–Crippen MR) is 58.7 cm³/mol. The van der Waals surface area contributed by atoms with E-state index in [1.807, 2.05) is 0 Å². The van der Waals surface area contributed by atoms with Gasteiger partial charge in [0.1, 0.15) is 5.69 Å². The third kappa shape index (κ3) is 3.71. The number of hydrogen-bond donors (Lipinski definition) is 2. The largest absolute Gasteiger partial charge is 0.349 e. The molecule has 0 bridgehead atoms. The van der Waals surface area contributed by atoms with Gasteiger partial charge in [-0.2, -0.15) is 5.10 Å². The molecule has 5 heteroatoms. The first-order chi connectivity index (χ1) is 7.25. The van der Waals surface area contributed by atoms with Crippen molar-refractivity contribution in [2.75, 3.05) is 19.6 Å². The summed E-state index contributed by atoms with van der Waals surface area (Å²) in [5.74, 6) is -0.0756. The van der Waals surface area contributed by atoms with E-state index in [-0.39, 0.29) is 5.91 Å². The summed E-state index contributed by atoms with van der Waals surface area (Å²) < 4.78 is 1.56. The normalized spacial score (nSPS) is 10.3. The van der Waals surface area contributed by atoms with Gasteiger partial charge in [-0.25, -0.2) is 0 Å². The Kier molecular flexibility index (Phi) is 4.83. The van der Waals surface area contributed by atoms with E-state index in [9.17, 15) is 4.79 Å². The molecule has 1 rings (SSSR count). The highest BCUT2D eigenvalue weighted by molar-refractivity contribution is 5.92. The van der Waals surface area contributed by atoms with Gasteiger partial charge >= 0.3 is 0 Å². The maximum atomic E-state index is 11.6. The number of nitrogens with zero attached hydrogens (tertiary/aromatic N) is 2. The molecule has 1 aromatic rings. The number of nitrogens with one attached hydrogen (secondary N) is 2. The second-order valence-corrected chi connectivity index (χ2v) is 3.35. The zero-order chi connectivity index (χ0) is 11.1. The molecule has 2 N–H and O–H groups in total. The topological polar surface area (TPSA) is 58.9 Å². The van der Waals surface area contributed by atoms with E-state index in [1.165, 1.54) is 0 Å². The molecule has 0 spiro atoms. The Hall–Kier alpha value is -1.36. The molecule has 5 nitrogen and oxygen atoms in total. The Balaban J connectivity index is 2.22. The smallest absolute Gasteiger partial charge is 0.269 e. The predicted octanol–water partition coefficient (Wildman–Crippen LogP) is 0.149. The van der Waals surface area contributed by atoms with Gasteiger partial charge in [0.2, 0.25) is 0 Å². The lowest BCUT2D eigenvalue weighted by molar-refractivity contribution is 0.0944. The highest BCUT2D eigenvalue weighted by Gasteiger charge is 2.07. The molecule has 0 saturated carbocycles. The molecule has 0 aliphatic carbocycles. The standard InChI is InChI=1S/C10H18N4O/c1-3-5-11-7-8-12-10(15)9-4-6-13-14(9)2/h4,6,11H,3,5,7-8H2,1-2H3,(H,12,15). The summed E-state index contributed by atoms with van der Waals surface area (Å²) in [6, 6.07) is 1.70. The Morgan fingerprint density at radius 2 is 2.27 bits per heavy atom. The van der Waals surface area contributed by atoms with Crippen molar-refractivity contribution in [2.24, 2.45) is 7.05 Å². The van der Waals surface area contributed by atoms with Gasteiger partial charge in [-0.05, 0) is 19.0 Å². The number of amides is 1. The monoisotopic (exact) mass is 210 g/mol. The van der Waals surface area contributed by atoms with Crippen LogP contribution in [0, 0.1) is 0 Å². The van der Waals surface area contributed by atoms with Gasteiger partial charge in [-0.3, -0.25) is 9.48 Å². The lowest BCUT2D eigenvalue weighted by Gasteiger charge is -2.05. The lowest BCUT2D eigenvalue weighted by Crippen LogP contribution is -2.33. The second kappa shape index (κ2) is 6.19. The summed E-state index contributed by atoms with van der Waals surface area (Å²) in [5.41, 5.74) is 0.588. The molecule has 0 atom stereocenters. The molecular weight excluding hydrogens is 192 g/mol. The van der Waals surface area contributed by atoms with Gasteiger partial charge in [-0.1, -0.05) is 6.92 Å². The average Bonchev–Trinajstić information content (AvgIpc) is 2.64. The summed E-state index contributed by atoms with van der Waals surface area (Å²) in [7, 11) is 1.75. The molecule has 1 amide bonds. The van der Waals surface area contributed by atoms with Crippen molar-refractivity contribution < 1.29 is 4.79 Å². The Morgan fingerprint density at radius 1 is 1.47 bits per heavy atom. The number of hydrogen-bond acceptors (Lipinski definition) is 3. The van der Waals surface area contributed by atoms with Gasteiger partial charge in [0.25, 0.3) is 5.91 Å². The molecule has 15 heavy (non-hydrogen) atoms. The molecule has 0 unspecified atom stereocenters. The van der Waals surface area contributed by atoms with Gasteiger partial charge in [0.15, 0.2) is 0 Å². The summed E-state index contributed by atoms with van der Waals surface area (Å²) in [6.07, 6.45) is 2.72. The molecule has 0 saturated heterocycles. The van der Waals surface area contributed by atoms with Crippen molar-refractivity contribution in [2.45, 2.75) is 13.3 Å². The molecule has 1 aromatic heterocycles. The maximum absolute atomic E-state index is 11.6. The number of aryl methyl sites for hydroxylation is 1. The van der Waals surface area contributed by atoms with Crippen molar-refractivity contribution in [3.63, 3.8) is 0 Å². The first-order valence-electron chi connectivity index (χ1n) is 5.22. The maximum Gasteiger partial charge on any atom is 0.269 e. The van der Waals surface area contributed by atoms with Crippen LogP contribution >= 0.6 is 0 Å². The SMILES string of the molecule is CCCNCCNC(=O)c1ccnn1C. The molecule has 0 radical (unpaired) electrons. The first kappa shape index (κ1) is 11.7. The van der Waals surface area contributed by atoms with E-state index in [1.54, 1.807) is 24.0 Å². The second-order valence-electron chi connectivity index (χ2n) is 3.35. The highest BCUT2D eigenvalue weighted by atomic mass is 16.2. The summed E-state index contributed by atoms with van der Waals surface area (Å²) in [4.78, 5) is 11.6. The summed E-state index contributed by atoms with van der Waals surface area (Å²) in [5, 5.41) is 9.97. The molecule has 1 heterocycles. The Labute approximate surface area is 89.9 Å². The van der Waals surface area contributed by atoms with Crippen LogP contribution in [-0.2, 0) is 7.05 Å². The Bertz CT molecular complexity index is 308. The summed E-state index contributed by atoms with van der Waals surface area (Å²) >= 11 is 0. The van der Waals surface area contributed by atoms with E-state index < -0.39 is 0 Å². The van der Waals surface area contributed by atoms with Crippen LogP contribution in [0.25, 0.3) is 0 Å². The minimum Gasteiger partial charge on any atom is -0.349 e. The number of aromatic nitrogens is 2. The molecule has 0 aliphatic heterocycles. The van der Waals surface area contributed by atoms with Crippen LogP contribution in [0.2, 0.25) is 0 Å². The first-order valence-corrected chi connectivity index (χ1v) is 5.22.